The van der Waals surface area contributed by atoms with Gasteiger partial charge < -0.3 is 10.0 Å². The van der Waals surface area contributed by atoms with Crippen LogP contribution in [0.25, 0.3) is 5.69 Å². The van der Waals surface area contributed by atoms with Gasteiger partial charge in [-0.2, -0.15) is 0 Å². The zero-order valence-electron chi connectivity index (χ0n) is 11.3. The number of likely N-dealkylation sites (N-methyl/N-ethyl adjacent to an activating group) is 1. The van der Waals surface area contributed by atoms with Gasteiger partial charge in [-0.25, -0.2) is 4.68 Å². The lowest BCUT2D eigenvalue weighted by molar-refractivity contribution is -0.130. The summed E-state index contributed by atoms with van der Waals surface area (Å²) in [5, 5.41) is 19.8. The Morgan fingerprint density at radius 2 is 2.10 bits per heavy atom. The van der Waals surface area contributed by atoms with Crippen molar-refractivity contribution in [2.45, 2.75) is 13.3 Å². The van der Waals surface area contributed by atoms with Crippen LogP contribution < -0.4 is 0 Å². The van der Waals surface area contributed by atoms with Crippen LogP contribution in [0, 0.1) is 0 Å². The largest absolute Gasteiger partial charge is 0.395 e. The van der Waals surface area contributed by atoms with Crippen LogP contribution in [-0.4, -0.2) is 55.8 Å². The van der Waals surface area contributed by atoms with Crippen molar-refractivity contribution in [1.82, 2.24) is 25.1 Å². The highest BCUT2D eigenvalue weighted by molar-refractivity contribution is 5.78. The van der Waals surface area contributed by atoms with Crippen LogP contribution in [0.5, 0.6) is 0 Å². The SMILES string of the molecule is CCN(CCO)C(=O)Cc1ccc(-n2cnnn2)cc1. The molecule has 0 aliphatic carbocycles. The molecular formula is C13H17N5O2. The quantitative estimate of drug-likeness (QED) is 0.805. The van der Waals surface area contributed by atoms with E-state index in [1.807, 2.05) is 31.2 Å². The molecular weight excluding hydrogens is 258 g/mol. The van der Waals surface area contributed by atoms with Gasteiger partial charge in [-0.05, 0) is 35.0 Å². The van der Waals surface area contributed by atoms with Crippen LogP contribution in [0.3, 0.4) is 0 Å². The van der Waals surface area contributed by atoms with E-state index in [4.69, 9.17) is 5.11 Å². The molecule has 106 valence electrons. The zero-order chi connectivity index (χ0) is 14.4. The number of hydrogen-bond donors (Lipinski definition) is 1. The molecule has 0 atom stereocenters. The first-order chi connectivity index (χ1) is 9.74. The van der Waals surface area contributed by atoms with E-state index in [1.54, 1.807) is 9.58 Å². The summed E-state index contributed by atoms with van der Waals surface area (Å²) in [6.45, 7) is 2.85. The van der Waals surface area contributed by atoms with Crippen molar-refractivity contribution in [2.24, 2.45) is 0 Å². The fourth-order valence-corrected chi connectivity index (χ4v) is 1.91. The van der Waals surface area contributed by atoms with Gasteiger partial charge in [0.1, 0.15) is 6.33 Å². The molecule has 0 bridgehead atoms. The molecule has 0 aliphatic rings. The van der Waals surface area contributed by atoms with E-state index in [1.165, 1.54) is 6.33 Å². The van der Waals surface area contributed by atoms with Gasteiger partial charge in [0.15, 0.2) is 0 Å². The van der Waals surface area contributed by atoms with E-state index in [0.717, 1.165) is 11.3 Å². The molecule has 0 radical (unpaired) electrons. The summed E-state index contributed by atoms with van der Waals surface area (Å²) in [4.78, 5) is 13.7. The summed E-state index contributed by atoms with van der Waals surface area (Å²) >= 11 is 0. The van der Waals surface area contributed by atoms with Gasteiger partial charge in [-0.3, -0.25) is 4.79 Å². The first-order valence-corrected chi connectivity index (χ1v) is 6.45. The van der Waals surface area contributed by atoms with Crippen molar-refractivity contribution in [3.63, 3.8) is 0 Å². The third kappa shape index (κ3) is 3.39. The number of aromatic nitrogens is 4. The summed E-state index contributed by atoms with van der Waals surface area (Å²) in [5.74, 6) is 0.0109. The van der Waals surface area contributed by atoms with Crippen LogP contribution in [0.2, 0.25) is 0 Å². The van der Waals surface area contributed by atoms with Gasteiger partial charge in [0.2, 0.25) is 5.91 Å². The highest BCUT2D eigenvalue weighted by atomic mass is 16.3. The van der Waals surface area contributed by atoms with Crippen LogP contribution in [0.15, 0.2) is 30.6 Å². The summed E-state index contributed by atoms with van der Waals surface area (Å²) in [6.07, 6.45) is 1.84. The van der Waals surface area contributed by atoms with Crippen LogP contribution in [0.4, 0.5) is 0 Å². The standard InChI is InChI=1S/C13H17N5O2/c1-2-17(7-8-19)13(20)9-11-3-5-12(6-4-11)18-10-14-15-16-18/h3-6,10,19H,2,7-9H2,1H3. The molecule has 20 heavy (non-hydrogen) atoms. The third-order valence-electron chi connectivity index (χ3n) is 3.01. The maximum atomic E-state index is 12.0. The molecule has 1 amide bonds. The number of aliphatic hydroxyl groups excluding tert-OH is 1. The van der Waals surface area contributed by atoms with Gasteiger partial charge in [-0.1, -0.05) is 12.1 Å². The van der Waals surface area contributed by atoms with E-state index < -0.39 is 0 Å². The predicted molar refractivity (Wildman–Crippen MR) is 72.2 cm³/mol. The molecule has 1 aromatic heterocycles. The van der Waals surface area contributed by atoms with Gasteiger partial charge in [0, 0.05) is 13.1 Å². The monoisotopic (exact) mass is 275 g/mol. The Hall–Kier alpha value is -2.28. The highest BCUT2D eigenvalue weighted by Crippen LogP contribution is 2.09. The average Bonchev–Trinajstić information content (AvgIpc) is 2.99. The normalized spacial score (nSPS) is 10.5. The molecule has 0 unspecified atom stereocenters. The number of benzene rings is 1. The maximum absolute atomic E-state index is 12.0. The smallest absolute Gasteiger partial charge is 0.227 e. The number of aliphatic hydroxyl groups is 1. The molecule has 7 nitrogen and oxygen atoms in total. The van der Waals surface area contributed by atoms with E-state index >= 15 is 0 Å². The number of nitrogens with zero attached hydrogens (tertiary/aromatic N) is 5. The summed E-state index contributed by atoms with van der Waals surface area (Å²) in [7, 11) is 0. The molecule has 0 spiro atoms. The number of hydrogen-bond acceptors (Lipinski definition) is 5. The van der Waals surface area contributed by atoms with Crippen LogP contribution in [0.1, 0.15) is 12.5 Å². The van der Waals surface area contributed by atoms with Crippen molar-refractivity contribution in [3.8, 4) is 5.69 Å². The Morgan fingerprint density at radius 3 is 2.65 bits per heavy atom. The van der Waals surface area contributed by atoms with E-state index in [9.17, 15) is 4.79 Å². The van der Waals surface area contributed by atoms with Gasteiger partial charge in [0.25, 0.3) is 0 Å². The summed E-state index contributed by atoms with van der Waals surface area (Å²) < 4.78 is 1.55. The first-order valence-electron chi connectivity index (χ1n) is 6.45. The Balaban J connectivity index is 2.02. The lowest BCUT2D eigenvalue weighted by atomic mass is 10.1. The van der Waals surface area contributed by atoms with Crippen molar-refractivity contribution >= 4 is 5.91 Å². The fraction of sp³-hybridized carbons (Fsp3) is 0.385. The van der Waals surface area contributed by atoms with Crippen molar-refractivity contribution < 1.29 is 9.90 Å². The van der Waals surface area contributed by atoms with Gasteiger partial charge in [0.05, 0.1) is 18.7 Å². The average molecular weight is 275 g/mol. The molecule has 7 heteroatoms. The Labute approximate surface area is 116 Å². The number of rotatable bonds is 6. The molecule has 2 aromatic rings. The molecule has 0 aliphatic heterocycles. The van der Waals surface area contributed by atoms with E-state index in [2.05, 4.69) is 15.5 Å². The Morgan fingerprint density at radius 1 is 1.35 bits per heavy atom. The second kappa shape index (κ2) is 6.76. The van der Waals surface area contributed by atoms with Crippen molar-refractivity contribution in [3.05, 3.63) is 36.2 Å². The molecule has 0 saturated carbocycles. The number of carbonyl (C=O) groups excluding carboxylic acids is 1. The number of carbonyl (C=O) groups is 1. The van der Waals surface area contributed by atoms with Crippen LogP contribution >= 0.6 is 0 Å². The molecule has 1 N–H and O–H groups in total. The van der Waals surface area contributed by atoms with Crippen LogP contribution in [-0.2, 0) is 11.2 Å². The van der Waals surface area contributed by atoms with Crippen molar-refractivity contribution in [2.75, 3.05) is 19.7 Å². The minimum atomic E-state index is -0.0161. The van der Waals surface area contributed by atoms with Gasteiger partial charge >= 0.3 is 0 Å². The highest BCUT2D eigenvalue weighted by Gasteiger charge is 2.11. The third-order valence-corrected chi connectivity index (χ3v) is 3.01. The summed E-state index contributed by atoms with van der Waals surface area (Å²) in [6, 6.07) is 7.48. The second-order valence-corrected chi connectivity index (χ2v) is 4.29. The minimum Gasteiger partial charge on any atom is -0.395 e. The Bertz CT molecular complexity index is 538. The number of amides is 1. The molecule has 0 fully saturated rings. The molecule has 1 heterocycles. The van der Waals surface area contributed by atoms with Gasteiger partial charge in [-0.15, -0.1) is 5.10 Å². The fourth-order valence-electron chi connectivity index (χ4n) is 1.91. The lowest BCUT2D eigenvalue weighted by Gasteiger charge is -2.19. The summed E-state index contributed by atoms with van der Waals surface area (Å²) in [5.41, 5.74) is 1.76. The first kappa shape index (κ1) is 14.1. The molecule has 2 rings (SSSR count). The predicted octanol–water partition coefficient (Wildman–Crippen LogP) is 0.0456. The number of tetrazole rings is 1. The molecule has 1 aromatic carbocycles. The molecule has 0 saturated heterocycles. The topological polar surface area (TPSA) is 84.1 Å². The van der Waals surface area contributed by atoms with E-state index in [-0.39, 0.29) is 12.5 Å². The second-order valence-electron chi connectivity index (χ2n) is 4.29. The van der Waals surface area contributed by atoms with E-state index in [0.29, 0.717) is 19.5 Å². The van der Waals surface area contributed by atoms with Crippen molar-refractivity contribution in [1.29, 1.82) is 0 Å². The maximum Gasteiger partial charge on any atom is 0.227 e. The zero-order valence-corrected chi connectivity index (χ0v) is 11.3. The lowest BCUT2D eigenvalue weighted by Crippen LogP contribution is -2.34. The minimum absolute atomic E-state index is 0.0109. The Kier molecular flexibility index (Phi) is 4.78.